The molecule has 7 nitrogen and oxygen atoms in total. The average Bonchev–Trinajstić information content (AvgIpc) is 3.09. The van der Waals surface area contributed by atoms with Gasteiger partial charge in [0.1, 0.15) is 5.75 Å². The van der Waals surface area contributed by atoms with E-state index in [4.69, 9.17) is 9.47 Å². The van der Waals surface area contributed by atoms with Gasteiger partial charge in [0.25, 0.3) is 0 Å². The van der Waals surface area contributed by atoms with Crippen molar-refractivity contribution < 1.29 is 19.1 Å². The maximum absolute atomic E-state index is 12.7. The Hall–Kier alpha value is -3.09. The zero-order valence-corrected chi connectivity index (χ0v) is 17.0. The first-order chi connectivity index (χ1) is 13.2. The molecule has 2 heterocycles. The molecule has 3 rings (SSSR count). The summed E-state index contributed by atoms with van der Waals surface area (Å²) in [5.41, 5.74) is 4.58. The molecule has 0 aliphatic heterocycles. The van der Waals surface area contributed by atoms with E-state index >= 15 is 0 Å². The number of esters is 2. The van der Waals surface area contributed by atoms with Crippen LogP contribution in [0.2, 0.25) is 0 Å². The van der Waals surface area contributed by atoms with E-state index in [0.29, 0.717) is 29.0 Å². The van der Waals surface area contributed by atoms with E-state index < -0.39 is 11.9 Å². The fourth-order valence-corrected chi connectivity index (χ4v) is 3.57. The number of carbonyl (C=O) groups excluding carboxylic acids is 2. The van der Waals surface area contributed by atoms with Crippen LogP contribution in [-0.4, -0.2) is 33.3 Å². The number of hydrogen-bond acceptors (Lipinski definition) is 5. The molecular weight excluding hydrogens is 358 g/mol. The fourth-order valence-electron chi connectivity index (χ4n) is 3.57. The van der Waals surface area contributed by atoms with Crippen molar-refractivity contribution in [1.29, 1.82) is 0 Å². The van der Waals surface area contributed by atoms with Crippen molar-refractivity contribution in [3.63, 3.8) is 0 Å². The molecule has 2 aromatic heterocycles. The molecule has 0 fully saturated rings. The summed E-state index contributed by atoms with van der Waals surface area (Å²) in [5.74, 6) is -0.844. The van der Waals surface area contributed by atoms with Gasteiger partial charge < -0.3 is 14.5 Å². The smallest absolute Gasteiger partial charge is 0.340 e. The molecule has 1 atom stereocenters. The standard InChI is InChI=1S/C21H25N3O4/c1-7-27-21(26)19-12(3)22-17-9-8-15(10-16(17)19)28-20(25)11(2)18-13(4)23-24(6)14(18)5/h8-11,22H,7H2,1-6H3/t11-/m1/s1. The number of ether oxygens (including phenoxy) is 2. The first-order valence-corrected chi connectivity index (χ1v) is 9.25. The third-order valence-electron chi connectivity index (χ3n) is 5.01. The van der Waals surface area contributed by atoms with Crippen LogP contribution in [0.3, 0.4) is 0 Å². The number of nitrogens with one attached hydrogen (secondary N) is 1. The summed E-state index contributed by atoms with van der Waals surface area (Å²) in [6.45, 7) is 9.49. The number of aromatic amines is 1. The summed E-state index contributed by atoms with van der Waals surface area (Å²) in [5, 5.41) is 5.04. The molecule has 0 radical (unpaired) electrons. The molecule has 1 N–H and O–H groups in total. The quantitative estimate of drug-likeness (QED) is 0.536. The number of hydrogen-bond donors (Lipinski definition) is 1. The number of aryl methyl sites for hydroxylation is 3. The number of aromatic nitrogens is 3. The van der Waals surface area contributed by atoms with Crippen LogP contribution in [-0.2, 0) is 16.6 Å². The van der Waals surface area contributed by atoms with Gasteiger partial charge in [0.05, 0.1) is 23.8 Å². The Labute approximate surface area is 163 Å². The predicted molar refractivity (Wildman–Crippen MR) is 106 cm³/mol. The minimum absolute atomic E-state index is 0.293. The second-order valence-electron chi connectivity index (χ2n) is 6.90. The highest BCUT2D eigenvalue weighted by molar-refractivity contribution is 6.06. The summed E-state index contributed by atoms with van der Waals surface area (Å²) in [6.07, 6.45) is 0. The average molecular weight is 383 g/mol. The maximum atomic E-state index is 12.7. The number of carbonyl (C=O) groups is 2. The van der Waals surface area contributed by atoms with Crippen molar-refractivity contribution in [1.82, 2.24) is 14.8 Å². The maximum Gasteiger partial charge on any atom is 0.340 e. The normalized spacial score (nSPS) is 12.2. The first-order valence-electron chi connectivity index (χ1n) is 9.25. The molecular formula is C21H25N3O4. The molecule has 7 heteroatoms. The number of fused-ring (bicyclic) bond motifs is 1. The monoisotopic (exact) mass is 383 g/mol. The molecule has 0 aliphatic carbocycles. The Kier molecular flexibility index (Phi) is 5.27. The molecule has 0 amide bonds. The molecule has 0 unspecified atom stereocenters. The van der Waals surface area contributed by atoms with Crippen LogP contribution < -0.4 is 4.74 Å². The van der Waals surface area contributed by atoms with Crippen molar-refractivity contribution in [2.24, 2.45) is 7.05 Å². The Bertz CT molecular complexity index is 1060. The topological polar surface area (TPSA) is 86.2 Å². The SMILES string of the molecule is CCOC(=O)c1c(C)[nH]c2ccc(OC(=O)[C@H](C)c3c(C)nn(C)c3C)cc12. The number of rotatable bonds is 5. The minimum atomic E-state index is -0.457. The molecule has 148 valence electrons. The van der Waals surface area contributed by atoms with Crippen LogP contribution in [0.1, 0.15) is 52.8 Å². The van der Waals surface area contributed by atoms with E-state index in [2.05, 4.69) is 10.1 Å². The van der Waals surface area contributed by atoms with E-state index in [-0.39, 0.29) is 5.97 Å². The Morgan fingerprint density at radius 1 is 1.25 bits per heavy atom. The van der Waals surface area contributed by atoms with E-state index in [0.717, 1.165) is 22.5 Å². The van der Waals surface area contributed by atoms with Crippen LogP contribution in [0.15, 0.2) is 18.2 Å². The van der Waals surface area contributed by atoms with Crippen LogP contribution >= 0.6 is 0 Å². The summed E-state index contributed by atoms with van der Waals surface area (Å²) in [7, 11) is 1.85. The highest BCUT2D eigenvalue weighted by atomic mass is 16.5. The second kappa shape index (κ2) is 7.50. The van der Waals surface area contributed by atoms with Crippen molar-refractivity contribution in [3.8, 4) is 5.75 Å². The Balaban J connectivity index is 1.90. The van der Waals surface area contributed by atoms with E-state index in [1.54, 1.807) is 29.8 Å². The lowest BCUT2D eigenvalue weighted by atomic mass is 9.99. The molecule has 3 aromatic rings. The predicted octanol–water partition coefficient (Wildman–Crippen LogP) is 3.71. The largest absolute Gasteiger partial charge is 0.462 e. The van der Waals surface area contributed by atoms with Gasteiger partial charge in [0.2, 0.25) is 0 Å². The second-order valence-corrected chi connectivity index (χ2v) is 6.90. The molecule has 1 aromatic carbocycles. The summed E-state index contributed by atoms with van der Waals surface area (Å²) < 4.78 is 12.5. The number of benzene rings is 1. The fraction of sp³-hybridized carbons (Fsp3) is 0.381. The van der Waals surface area contributed by atoms with Crippen LogP contribution in [0, 0.1) is 20.8 Å². The summed E-state index contributed by atoms with van der Waals surface area (Å²) in [6, 6.07) is 5.19. The van der Waals surface area contributed by atoms with Gasteiger partial charge in [-0.3, -0.25) is 9.48 Å². The van der Waals surface area contributed by atoms with Gasteiger partial charge in [-0.05, 0) is 52.8 Å². The molecule has 0 saturated heterocycles. The van der Waals surface area contributed by atoms with Crippen molar-refractivity contribution in [2.75, 3.05) is 6.61 Å². The first kappa shape index (κ1) is 19.7. The highest BCUT2D eigenvalue weighted by Gasteiger charge is 2.25. The van der Waals surface area contributed by atoms with Crippen LogP contribution in [0.25, 0.3) is 10.9 Å². The lowest BCUT2D eigenvalue weighted by Crippen LogP contribution is -2.17. The molecule has 0 aliphatic rings. The van der Waals surface area contributed by atoms with Crippen molar-refractivity contribution in [2.45, 2.75) is 40.5 Å². The van der Waals surface area contributed by atoms with E-state index in [1.807, 2.05) is 34.7 Å². The van der Waals surface area contributed by atoms with Crippen LogP contribution in [0.4, 0.5) is 0 Å². The molecule has 28 heavy (non-hydrogen) atoms. The lowest BCUT2D eigenvalue weighted by Gasteiger charge is -2.12. The van der Waals surface area contributed by atoms with Gasteiger partial charge in [-0.2, -0.15) is 5.10 Å². The van der Waals surface area contributed by atoms with Gasteiger partial charge in [-0.25, -0.2) is 4.79 Å². The van der Waals surface area contributed by atoms with Gasteiger partial charge >= 0.3 is 11.9 Å². The Morgan fingerprint density at radius 2 is 1.96 bits per heavy atom. The molecule has 0 saturated carbocycles. The van der Waals surface area contributed by atoms with Gasteiger partial charge in [-0.1, -0.05) is 0 Å². The summed E-state index contributed by atoms with van der Waals surface area (Å²) in [4.78, 5) is 28.2. The zero-order chi connectivity index (χ0) is 20.6. The number of nitrogens with zero attached hydrogens (tertiary/aromatic N) is 2. The molecule has 0 spiro atoms. The van der Waals surface area contributed by atoms with E-state index in [1.165, 1.54) is 0 Å². The van der Waals surface area contributed by atoms with Crippen LogP contribution in [0.5, 0.6) is 5.75 Å². The minimum Gasteiger partial charge on any atom is -0.462 e. The van der Waals surface area contributed by atoms with Gasteiger partial charge in [0.15, 0.2) is 0 Å². The third-order valence-corrected chi connectivity index (χ3v) is 5.01. The number of H-pyrrole nitrogens is 1. The van der Waals surface area contributed by atoms with Crippen molar-refractivity contribution >= 4 is 22.8 Å². The summed E-state index contributed by atoms with van der Waals surface area (Å²) >= 11 is 0. The van der Waals surface area contributed by atoms with E-state index in [9.17, 15) is 9.59 Å². The highest BCUT2D eigenvalue weighted by Crippen LogP contribution is 2.29. The van der Waals surface area contributed by atoms with Crippen molar-refractivity contribution in [3.05, 3.63) is 46.4 Å². The third kappa shape index (κ3) is 3.40. The van der Waals surface area contributed by atoms with Gasteiger partial charge in [-0.15, -0.1) is 0 Å². The molecule has 0 bridgehead atoms. The lowest BCUT2D eigenvalue weighted by molar-refractivity contribution is -0.135. The Morgan fingerprint density at radius 3 is 2.57 bits per heavy atom. The zero-order valence-electron chi connectivity index (χ0n) is 17.0. The van der Waals surface area contributed by atoms with Gasteiger partial charge in [0, 0.05) is 34.9 Å².